The summed E-state index contributed by atoms with van der Waals surface area (Å²) in [5.74, 6) is 1.88. The molecule has 0 unspecified atom stereocenters. The van der Waals surface area contributed by atoms with Crippen molar-refractivity contribution >= 4 is 30.3 Å². The first-order valence-electron chi connectivity index (χ1n) is 19.5. The van der Waals surface area contributed by atoms with Crippen LogP contribution in [-0.4, -0.2) is 86.9 Å². The average Bonchev–Trinajstić information content (AvgIpc) is 3.83. The lowest BCUT2D eigenvalue weighted by Crippen LogP contribution is -2.42. The Morgan fingerprint density at radius 3 is 1.52 bits per heavy atom. The maximum Gasteiger partial charge on any atom is 0.679 e. The first kappa shape index (κ1) is 40.4. The van der Waals surface area contributed by atoms with Crippen LogP contribution in [0.1, 0.15) is 49.9 Å². The number of methoxy groups -OCH3 is 2. The fourth-order valence-corrected chi connectivity index (χ4v) is 7.09. The molecule has 4 aromatic carbocycles. The van der Waals surface area contributed by atoms with Crippen LogP contribution in [0.25, 0.3) is 28.0 Å². The first-order valence-corrected chi connectivity index (χ1v) is 19.5. The van der Waals surface area contributed by atoms with Gasteiger partial charge in [0, 0.05) is 33.5 Å². The molecule has 6 rings (SSSR count). The van der Waals surface area contributed by atoms with Crippen molar-refractivity contribution in [1.29, 1.82) is 0 Å². The Morgan fingerprint density at radius 2 is 1.07 bits per heavy atom. The minimum absolute atomic E-state index is 0.137. The summed E-state index contributed by atoms with van der Waals surface area (Å²) in [6.45, 7) is 14.7. The normalized spacial score (nSPS) is 13.9. The van der Waals surface area contributed by atoms with Crippen molar-refractivity contribution in [2.45, 2.75) is 40.8 Å². The number of hydrogen-bond acceptors (Lipinski definition) is 3. The third-order valence-corrected chi connectivity index (χ3v) is 11.6. The smallest absolute Gasteiger partial charge is 0.497 e. The third-order valence-electron chi connectivity index (χ3n) is 11.6. The Hall–Kier alpha value is -5.32. The molecule has 2 heterocycles. The van der Waals surface area contributed by atoms with Crippen LogP contribution in [0.3, 0.4) is 0 Å². The zero-order valence-corrected chi connectivity index (χ0v) is 34.0. The van der Waals surface area contributed by atoms with Gasteiger partial charge in [-0.3, -0.25) is 8.63 Å². The van der Waals surface area contributed by atoms with Gasteiger partial charge in [-0.1, -0.05) is 48.5 Å². The minimum Gasteiger partial charge on any atom is -0.497 e. The molecule has 56 heavy (non-hydrogen) atoms. The van der Waals surface area contributed by atoms with Crippen molar-refractivity contribution in [3.8, 4) is 33.9 Å². The minimum atomic E-state index is -2.88. The van der Waals surface area contributed by atoms with E-state index in [2.05, 4.69) is 78.2 Å². The van der Waals surface area contributed by atoms with Crippen molar-refractivity contribution in [3.63, 3.8) is 0 Å². The number of rotatable bonds is 16. The lowest BCUT2D eigenvalue weighted by Gasteiger charge is -2.32. The first-order chi connectivity index (χ1) is 26.9. The van der Waals surface area contributed by atoms with Gasteiger partial charge in [0.15, 0.2) is 5.84 Å². The highest BCUT2D eigenvalue weighted by molar-refractivity contribution is 6.43. The van der Waals surface area contributed by atoms with Crippen LogP contribution in [0.5, 0.6) is 11.5 Å². The number of nitrogens with zero attached hydrogens (tertiary/aromatic N) is 5. The zero-order chi connectivity index (χ0) is 40.0. The number of hydrogen-bond donors (Lipinski definition) is 0. The molecule has 290 valence electrons. The van der Waals surface area contributed by atoms with Crippen LogP contribution >= 0.6 is 0 Å². The van der Waals surface area contributed by atoms with Gasteiger partial charge in [-0.25, -0.2) is 9.98 Å². The Morgan fingerprint density at radius 1 is 0.625 bits per heavy atom. The van der Waals surface area contributed by atoms with Crippen molar-refractivity contribution < 1.29 is 27.1 Å². The van der Waals surface area contributed by atoms with Crippen molar-refractivity contribution in [2.24, 2.45) is 9.98 Å². The van der Waals surface area contributed by atoms with Gasteiger partial charge in [-0.05, 0) is 105 Å². The lowest BCUT2D eigenvalue weighted by molar-refractivity contribution is -0.919. The molecule has 1 aliphatic rings. The number of allylic oxidation sites excluding steroid dienone is 1. The summed E-state index contributed by atoms with van der Waals surface area (Å²) in [4.78, 5) is 10.1. The Bertz CT molecular complexity index is 2200. The van der Waals surface area contributed by atoms with E-state index < -0.39 is 7.40 Å². The highest BCUT2D eigenvalue weighted by Gasteiger charge is 2.30. The molecule has 0 N–H and O–H groups in total. The van der Waals surface area contributed by atoms with Gasteiger partial charge >= 0.3 is 7.40 Å². The van der Waals surface area contributed by atoms with Gasteiger partial charge in [0.05, 0.1) is 60.2 Å². The van der Waals surface area contributed by atoms with Crippen LogP contribution < -0.4 is 9.47 Å². The quantitative estimate of drug-likeness (QED) is 0.0744. The molecule has 7 nitrogen and oxygen atoms in total. The van der Waals surface area contributed by atoms with E-state index >= 15 is 8.63 Å². The zero-order valence-electron chi connectivity index (χ0n) is 34.0. The molecule has 10 heteroatoms. The van der Waals surface area contributed by atoms with Gasteiger partial charge < -0.3 is 22.9 Å². The molecule has 0 radical (unpaired) electrons. The van der Waals surface area contributed by atoms with Crippen LogP contribution in [-0.2, 0) is 13.1 Å². The number of halogens is 2. The number of benzene rings is 4. The average molecular weight is 758 g/mol. The van der Waals surface area contributed by atoms with Gasteiger partial charge in [0.2, 0.25) is 0 Å². The summed E-state index contributed by atoms with van der Waals surface area (Å²) >= 11 is 0. The predicted molar refractivity (Wildman–Crippen MR) is 228 cm³/mol. The standard InChI is InChI=1S/C46H54BF2N5O2/c1-9-53(5,10-2)31-33-13-17-35(18-14-33)41-29-43(37-21-25-39(55-7)26-22-37)50-45(41)51-46-42(36-19-15-34(16-20-36)32-54(6,11-3)12-4)30-44(52(46)47(48)49)38-23-27-40(56-8)28-24-38/h13-30H,9-12,31-32H2,1-8H3/q+2/b51-45-. The molecule has 1 aliphatic heterocycles. The van der Waals surface area contributed by atoms with Gasteiger partial charge in [0.1, 0.15) is 30.4 Å². The molecule has 0 fully saturated rings. The molecule has 0 atom stereocenters. The van der Waals surface area contributed by atoms with Crippen LogP contribution in [0.4, 0.5) is 14.4 Å². The maximum atomic E-state index is 15.5. The highest BCUT2D eigenvalue weighted by atomic mass is 19.2. The second-order valence-electron chi connectivity index (χ2n) is 15.1. The monoisotopic (exact) mass is 757 g/mol. The topological polar surface area (TPSA) is 48.1 Å². The lowest BCUT2D eigenvalue weighted by atomic mass is 10.0. The van der Waals surface area contributed by atoms with E-state index in [-0.39, 0.29) is 5.82 Å². The molecular formula is C46H54BF2N5O2+2. The number of ether oxygens (including phenoxy) is 2. The molecule has 0 aliphatic carbocycles. The number of quaternary nitrogens is 2. The Balaban J connectivity index is 1.52. The van der Waals surface area contributed by atoms with E-state index in [1.165, 1.54) is 11.1 Å². The summed E-state index contributed by atoms with van der Waals surface area (Å²) in [5, 5.41) is 0. The van der Waals surface area contributed by atoms with Crippen molar-refractivity contribution in [3.05, 3.63) is 131 Å². The Labute approximate surface area is 331 Å². The molecule has 1 aromatic heterocycles. The van der Waals surface area contributed by atoms with Gasteiger partial charge in [-0.2, -0.15) is 0 Å². The number of aromatic nitrogens is 1. The van der Waals surface area contributed by atoms with E-state index in [4.69, 9.17) is 19.5 Å². The van der Waals surface area contributed by atoms with E-state index in [9.17, 15) is 0 Å². The molecule has 0 bridgehead atoms. The van der Waals surface area contributed by atoms with Crippen molar-refractivity contribution in [1.82, 2.24) is 4.48 Å². The SMILES string of the molecule is CC[N+](C)(CC)Cc1ccc(C2=CC(c3ccc(OC)cc3)=N/C2=N\c2c(-c3ccc(C[N+](C)(CC)CC)cc3)cc(-c3ccc(OC)cc3)n2B(F)F)cc1. The van der Waals surface area contributed by atoms with E-state index in [0.717, 1.165) is 80.7 Å². The molecule has 0 amide bonds. The van der Waals surface area contributed by atoms with Crippen LogP contribution in [0, 0.1) is 0 Å². The summed E-state index contributed by atoms with van der Waals surface area (Å²) in [6.07, 6.45) is 2.00. The summed E-state index contributed by atoms with van der Waals surface area (Å²) in [7, 11) is 4.85. The second-order valence-corrected chi connectivity index (χ2v) is 15.1. The van der Waals surface area contributed by atoms with Crippen molar-refractivity contribution in [2.75, 3.05) is 54.5 Å². The fourth-order valence-electron chi connectivity index (χ4n) is 7.09. The van der Waals surface area contributed by atoms with E-state index in [1.807, 2.05) is 48.5 Å². The highest BCUT2D eigenvalue weighted by Crippen LogP contribution is 2.41. The summed E-state index contributed by atoms with van der Waals surface area (Å²) < 4.78 is 44.7. The largest absolute Gasteiger partial charge is 0.679 e. The summed E-state index contributed by atoms with van der Waals surface area (Å²) in [6, 6.07) is 33.4. The predicted octanol–water partition coefficient (Wildman–Crippen LogP) is 10.2. The third kappa shape index (κ3) is 8.72. The molecule has 5 aromatic rings. The van der Waals surface area contributed by atoms with Crippen LogP contribution in [0.2, 0.25) is 0 Å². The maximum absolute atomic E-state index is 15.5. The Kier molecular flexibility index (Phi) is 12.4. The van der Waals surface area contributed by atoms with E-state index in [1.54, 1.807) is 38.5 Å². The van der Waals surface area contributed by atoms with Crippen LogP contribution in [0.15, 0.2) is 119 Å². The van der Waals surface area contributed by atoms with Gasteiger partial charge in [-0.15, -0.1) is 0 Å². The van der Waals surface area contributed by atoms with Gasteiger partial charge in [0.25, 0.3) is 0 Å². The number of aliphatic imine (C=N–C) groups is 2. The molecule has 0 spiro atoms. The number of amidine groups is 1. The second kappa shape index (κ2) is 17.2. The molecule has 0 saturated heterocycles. The fraction of sp³-hybridized carbons (Fsp3) is 0.304. The summed E-state index contributed by atoms with van der Waals surface area (Å²) in [5.41, 5.74) is 8.01. The molecular weight excluding hydrogens is 703 g/mol. The van der Waals surface area contributed by atoms with E-state index in [0.29, 0.717) is 34.1 Å². The molecule has 0 saturated carbocycles.